The molecule has 2 atom stereocenters. The molecule has 4 heteroatoms. The molecule has 0 spiro atoms. The van der Waals surface area contributed by atoms with Crippen LogP contribution < -0.4 is 5.32 Å². The normalized spacial score (nSPS) is 28.8. The van der Waals surface area contributed by atoms with Gasteiger partial charge in [0.15, 0.2) is 0 Å². The van der Waals surface area contributed by atoms with Crippen molar-refractivity contribution in [2.75, 3.05) is 6.61 Å². The predicted molar refractivity (Wildman–Crippen MR) is 65.2 cm³/mol. The van der Waals surface area contributed by atoms with Crippen LogP contribution >= 0.6 is 0 Å². The van der Waals surface area contributed by atoms with E-state index < -0.39 is 5.41 Å². The summed E-state index contributed by atoms with van der Waals surface area (Å²) in [5, 5.41) is 12.2. The topological polar surface area (TPSA) is 62.1 Å². The van der Waals surface area contributed by atoms with Crippen molar-refractivity contribution in [1.82, 2.24) is 5.32 Å². The van der Waals surface area contributed by atoms with E-state index in [-0.39, 0.29) is 17.6 Å². The minimum atomic E-state index is -0.898. The van der Waals surface area contributed by atoms with E-state index in [9.17, 15) is 10.1 Å². The lowest BCUT2D eigenvalue weighted by Gasteiger charge is -2.33. The molecule has 0 aromatic carbocycles. The summed E-state index contributed by atoms with van der Waals surface area (Å²) in [4.78, 5) is 12.3. The molecule has 1 heterocycles. The Labute approximate surface area is 103 Å². The summed E-state index contributed by atoms with van der Waals surface area (Å²) < 4.78 is 5.49. The molecule has 2 unspecified atom stereocenters. The smallest absolute Gasteiger partial charge is 0.240 e. The third kappa shape index (κ3) is 2.44. The van der Waals surface area contributed by atoms with Crippen LogP contribution in [0.25, 0.3) is 0 Å². The van der Waals surface area contributed by atoms with E-state index in [1.54, 1.807) is 0 Å². The summed E-state index contributed by atoms with van der Waals surface area (Å²) >= 11 is 0. The van der Waals surface area contributed by atoms with Gasteiger partial charge >= 0.3 is 0 Å². The zero-order valence-electron chi connectivity index (χ0n) is 11.2. The number of hydrogen-bond donors (Lipinski definition) is 1. The number of nitrogens with one attached hydrogen (secondary N) is 1. The Bertz CT molecular complexity index is 331. The molecular weight excluding hydrogens is 216 g/mol. The lowest BCUT2D eigenvalue weighted by molar-refractivity contribution is -0.131. The van der Waals surface area contributed by atoms with Crippen molar-refractivity contribution in [3.63, 3.8) is 0 Å². The molecule has 0 aliphatic carbocycles. The molecule has 1 fully saturated rings. The molecule has 1 N–H and O–H groups in total. The zero-order valence-corrected chi connectivity index (χ0v) is 11.2. The van der Waals surface area contributed by atoms with Crippen LogP contribution in [0.2, 0.25) is 0 Å². The Morgan fingerprint density at radius 2 is 2.18 bits per heavy atom. The standard InChI is InChI=1S/C13H22N2O2/c1-5-13(6-2,9-14)11(16)15-12(4)7-8-17-10(12)3/h10H,5-8H2,1-4H3,(H,15,16). The van der Waals surface area contributed by atoms with E-state index in [0.717, 1.165) is 6.42 Å². The highest BCUT2D eigenvalue weighted by atomic mass is 16.5. The van der Waals surface area contributed by atoms with Crippen molar-refractivity contribution in [2.24, 2.45) is 5.41 Å². The first-order valence-electron chi connectivity index (χ1n) is 6.29. The monoisotopic (exact) mass is 238 g/mol. The fourth-order valence-electron chi connectivity index (χ4n) is 2.16. The molecule has 17 heavy (non-hydrogen) atoms. The van der Waals surface area contributed by atoms with Crippen molar-refractivity contribution in [1.29, 1.82) is 5.26 Å². The van der Waals surface area contributed by atoms with Gasteiger partial charge in [0.05, 0.1) is 17.7 Å². The maximum atomic E-state index is 12.3. The van der Waals surface area contributed by atoms with Crippen LogP contribution in [-0.2, 0) is 9.53 Å². The van der Waals surface area contributed by atoms with E-state index in [4.69, 9.17) is 4.74 Å². The number of ether oxygens (including phenoxy) is 1. The summed E-state index contributed by atoms with van der Waals surface area (Å²) in [5.74, 6) is -0.162. The van der Waals surface area contributed by atoms with Crippen molar-refractivity contribution in [3.8, 4) is 6.07 Å². The minimum Gasteiger partial charge on any atom is -0.376 e. The Morgan fingerprint density at radius 3 is 2.53 bits per heavy atom. The quantitative estimate of drug-likeness (QED) is 0.814. The third-order valence-electron chi connectivity index (χ3n) is 4.14. The van der Waals surface area contributed by atoms with Crippen LogP contribution in [-0.4, -0.2) is 24.2 Å². The molecule has 1 aliphatic heterocycles. The van der Waals surface area contributed by atoms with E-state index in [2.05, 4.69) is 11.4 Å². The Kier molecular flexibility index (Phi) is 4.16. The van der Waals surface area contributed by atoms with Gasteiger partial charge in [-0.15, -0.1) is 0 Å². The molecular formula is C13H22N2O2. The molecule has 0 aromatic rings. The molecule has 1 rings (SSSR count). The van der Waals surface area contributed by atoms with E-state index >= 15 is 0 Å². The van der Waals surface area contributed by atoms with Gasteiger partial charge in [0.1, 0.15) is 5.41 Å². The number of hydrogen-bond acceptors (Lipinski definition) is 3. The summed E-state index contributed by atoms with van der Waals surface area (Å²) in [6.45, 7) is 8.36. The largest absolute Gasteiger partial charge is 0.376 e. The zero-order chi connectivity index (χ0) is 13.1. The molecule has 0 saturated carbocycles. The number of amides is 1. The van der Waals surface area contributed by atoms with Gasteiger partial charge in [0, 0.05) is 6.61 Å². The average molecular weight is 238 g/mol. The molecule has 0 radical (unpaired) electrons. The fourth-order valence-corrected chi connectivity index (χ4v) is 2.16. The van der Waals surface area contributed by atoms with Gasteiger partial charge in [0.2, 0.25) is 5.91 Å². The van der Waals surface area contributed by atoms with Crippen LogP contribution in [0.5, 0.6) is 0 Å². The first kappa shape index (κ1) is 14.0. The number of carbonyl (C=O) groups excluding carboxylic acids is 1. The Balaban J connectivity index is 2.81. The predicted octanol–water partition coefficient (Wildman–Crippen LogP) is 2.00. The average Bonchev–Trinajstić information content (AvgIpc) is 2.62. The summed E-state index contributed by atoms with van der Waals surface area (Å²) in [5.41, 5.74) is -1.24. The van der Waals surface area contributed by atoms with Gasteiger partial charge in [-0.3, -0.25) is 4.79 Å². The molecule has 1 saturated heterocycles. The van der Waals surface area contributed by atoms with E-state index in [1.807, 2.05) is 27.7 Å². The maximum absolute atomic E-state index is 12.3. The van der Waals surface area contributed by atoms with Crippen LogP contribution in [0, 0.1) is 16.7 Å². The molecule has 4 nitrogen and oxygen atoms in total. The highest BCUT2D eigenvalue weighted by Crippen LogP contribution is 2.30. The minimum absolute atomic E-state index is 0.00319. The summed E-state index contributed by atoms with van der Waals surface area (Å²) in [6, 6.07) is 2.17. The van der Waals surface area contributed by atoms with Gasteiger partial charge in [0.25, 0.3) is 0 Å². The highest BCUT2D eigenvalue weighted by molar-refractivity contribution is 5.86. The highest BCUT2D eigenvalue weighted by Gasteiger charge is 2.43. The lowest BCUT2D eigenvalue weighted by atomic mass is 9.81. The Hall–Kier alpha value is -1.08. The first-order chi connectivity index (χ1) is 7.94. The van der Waals surface area contributed by atoms with E-state index in [0.29, 0.717) is 19.4 Å². The second-order valence-electron chi connectivity index (χ2n) is 5.04. The number of nitriles is 1. The van der Waals surface area contributed by atoms with Gasteiger partial charge < -0.3 is 10.1 Å². The van der Waals surface area contributed by atoms with Crippen molar-refractivity contribution >= 4 is 5.91 Å². The molecule has 1 aliphatic rings. The van der Waals surface area contributed by atoms with Gasteiger partial charge in [-0.2, -0.15) is 5.26 Å². The summed E-state index contributed by atoms with van der Waals surface area (Å²) in [6.07, 6.45) is 1.87. The van der Waals surface area contributed by atoms with Gasteiger partial charge in [-0.1, -0.05) is 13.8 Å². The summed E-state index contributed by atoms with van der Waals surface area (Å²) in [7, 11) is 0. The molecule has 0 aromatic heterocycles. The third-order valence-corrected chi connectivity index (χ3v) is 4.14. The van der Waals surface area contributed by atoms with Crippen molar-refractivity contribution < 1.29 is 9.53 Å². The lowest BCUT2D eigenvalue weighted by Crippen LogP contribution is -2.55. The fraction of sp³-hybridized carbons (Fsp3) is 0.846. The van der Waals surface area contributed by atoms with Crippen molar-refractivity contribution in [2.45, 2.75) is 58.6 Å². The van der Waals surface area contributed by atoms with Crippen LogP contribution in [0.1, 0.15) is 47.0 Å². The molecule has 1 amide bonds. The van der Waals surface area contributed by atoms with E-state index in [1.165, 1.54) is 0 Å². The van der Waals surface area contributed by atoms with Crippen LogP contribution in [0.15, 0.2) is 0 Å². The number of nitrogens with zero attached hydrogens (tertiary/aromatic N) is 1. The second kappa shape index (κ2) is 5.05. The number of rotatable bonds is 4. The second-order valence-corrected chi connectivity index (χ2v) is 5.04. The molecule has 96 valence electrons. The SMILES string of the molecule is CCC(C#N)(CC)C(=O)NC1(C)CCOC1C. The van der Waals surface area contributed by atoms with Gasteiger partial charge in [-0.25, -0.2) is 0 Å². The maximum Gasteiger partial charge on any atom is 0.240 e. The Morgan fingerprint density at radius 1 is 1.59 bits per heavy atom. The number of carbonyl (C=O) groups is 1. The van der Waals surface area contributed by atoms with Crippen LogP contribution in [0.4, 0.5) is 0 Å². The van der Waals surface area contributed by atoms with Crippen LogP contribution in [0.3, 0.4) is 0 Å². The van der Waals surface area contributed by atoms with Crippen molar-refractivity contribution in [3.05, 3.63) is 0 Å². The first-order valence-corrected chi connectivity index (χ1v) is 6.29. The molecule has 0 bridgehead atoms. The van der Waals surface area contributed by atoms with Gasteiger partial charge in [-0.05, 0) is 33.1 Å².